The normalized spacial score (nSPS) is 16.8. The van der Waals surface area contributed by atoms with Crippen molar-refractivity contribution >= 4 is 43.0 Å². The number of nitrogens with two attached hydrogens (primary N) is 1. The van der Waals surface area contributed by atoms with Crippen molar-refractivity contribution in [3.05, 3.63) is 41.8 Å². The molecule has 0 radical (unpaired) electrons. The molecule has 1 saturated heterocycles. The van der Waals surface area contributed by atoms with E-state index in [4.69, 9.17) is 5.14 Å². The monoisotopic (exact) mass is 445 g/mol. The predicted molar refractivity (Wildman–Crippen MR) is 105 cm³/mol. The molecular formula is C16H21N4O5S3+. The van der Waals surface area contributed by atoms with E-state index in [0.29, 0.717) is 36.1 Å². The van der Waals surface area contributed by atoms with E-state index in [0.717, 1.165) is 4.90 Å². The number of piperazine rings is 1. The lowest BCUT2D eigenvalue weighted by Gasteiger charge is -2.30. The Morgan fingerprint density at radius 3 is 2.29 bits per heavy atom. The zero-order chi connectivity index (χ0) is 20.4. The molecule has 0 saturated carbocycles. The van der Waals surface area contributed by atoms with E-state index in [1.807, 2.05) is 0 Å². The molecule has 0 spiro atoms. The van der Waals surface area contributed by atoms with Gasteiger partial charge in [0.25, 0.3) is 15.9 Å². The number of nitrogens with one attached hydrogen (secondary N) is 2. The largest absolute Gasteiger partial charge is 0.325 e. The molecule has 2 aromatic rings. The number of nitrogens with zero attached hydrogens (tertiary/aromatic N) is 1. The van der Waals surface area contributed by atoms with Crippen LogP contribution in [0.5, 0.6) is 0 Å². The molecule has 12 heteroatoms. The summed E-state index contributed by atoms with van der Waals surface area (Å²) in [4.78, 5) is 13.2. The number of thiophene rings is 1. The van der Waals surface area contributed by atoms with E-state index >= 15 is 0 Å². The third-order valence-electron chi connectivity index (χ3n) is 4.40. The van der Waals surface area contributed by atoms with E-state index in [9.17, 15) is 21.6 Å². The zero-order valence-corrected chi connectivity index (χ0v) is 17.3. The second-order valence-electron chi connectivity index (χ2n) is 6.38. The van der Waals surface area contributed by atoms with Crippen LogP contribution in [0.4, 0.5) is 5.69 Å². The summed E-state index contributed by atoms with van der Waals surface area (Å²) >= 11 is 1.19. The lowest BCUT2D eigenvalue weighted by molar-refractivity contribution is -0.895. The molecule has 2 heterocycles. The van der Waals surface area contributed by atoms with E-state index < -0.39 is 20.0 Å². The van der Waals surface area contributed by atoms with Gasteiger partial charge in [0.1, 0.15) is 4.21 Å². The van der Waals surface area contributed by atoms with Gasteiger partial charge in [-0.05, 0) is 35.7 Å². The molecule has 1 aliphatic rings. The molecule has 0 aliphatic carbocycles. The minimum atomic E-state index is -3.77. The lowest BCUT2D eigenvalue weighted by atomic mass is 10.3. The first-order valence-electron chi connectivity index (χ1n) is 8.46. The third-order valence-corrected chi connectivity index (χ3v) is 8.60. The number of carbonyl (C=O) groups is 1. The van der Waals surface area contributed by atoms with Crippen LogP contribution in [0, 0.1) is 0 Å². The number of sulfonamides is 2. The zero-order valence-electron chi connectivity index (χ0n) is 14.9. The highest BCUT2D eigenvalue weighted by Crippen LogP contribution is 2.20. The van der Waals surface area contributed by atoms with Gasteiger partial charge in [0.05, 0.1) is 31.1 Å². The maximum Gasteiger partial charge on any atom is 0.279 e. The van der Waals surface area contributed by atoms with E-state index in [1.54, 1.807) is 17.5 Å². The summed E-state index contributed by atoms with van der Waals surface area (Å²) in [6.45, 7) is 1.96. The number of benzene rings is 1. The van der Waals surface area contributed by atoms with Gasteiger partial charge in [0.2, 0.25) is 10.0 Å². The highest BCUT2D eigenvalue weighted by molar-refractivity contribution is 7.91. The summed E-state index contributed by atoms with van der Waals surface area (Å²) in [6.07, 6.45) is 0. The Kier molecular flexibility index (Phi) is 6.17. The number of anilines is 1. The van der Waals surface area contributed by atoms with Gasteiger partial charge < -0.3 is 10.2 Å². The molecule has 1 fully saturated rings. The Morgan fingerprint density at radius 1 is 1.11 bits per heavy atom. The van der Waals surface area contributed by atoms with Crippen LogP contribution in [0.1, 0.15) is 0 Å². The minimum absolute atomic E-state index is 0.0285. The minimum Gasteiger partial charge on any atom is -0.325 e. The number of primary sulfonamides is 1. The van der Waals surface area contributed by atoms with Crippen LogP contribution < -0.4 is 15.4 Å². The molecule has 1 aromatic carbocycles. The van der Waals surface area contributed by atoms with Gasteiger partial charge in [-0.15, -0.1) is 11.3 Å². The van der Waals surface area contributed by atoms with Crippen molar-refractivity contribution in [3.63, 3.8) is 0 Å². The van der Waals surface area contributed by atoms with Crippen LogP contribution >= 0.6 is 11.3 Å². The summed E-state index contributed by atoms with van der Waals surface area (Å²) in [7, 11) is -7.23. The Hall–Kier alpha value is -1.83. The summed E-state index contributed by atoms with van der Waals surface area (Å²) in [6, 6.07) is 8.89. The number of quaternary nitrogens is 1. The first-order chi connectivity index (χ1) is 13.2. The van der Waals surface area contributed by atoms with Gasteiger partial charge in [-0.1, -0.05) is 6.07 Å². The molecular weight excluding hydrogens is 424 g/mol. The quantitative estimate of drug-likeness (QED) is 0.521. The summed E-state index contributed by atoms with van der Waals surface area (Å²) < 4.78 is 49.3. The van der Waals surface area contributed by atoms with Crippen LogP contribution in [0.3, 0.4) is 0 Å². The van der Waals surface area contributed by atoms with Crippen LogP contribution in [0.15, 0.2) is 50.9 Å². The van der Waals surface area contributed by atoms with E-state index in [2.05, 4.69) is 5.32 Å². The molecule has 3 rings (SSSR count). The topological polar surface area (TPSA) is 131 Å². The second-order valence-corrected chi connectivity index (χ2v) is 11.1. The standard InChI is InChI=1S/C16H20N4O5S3/c17-27(22,23)14-5-3-13(4-6-14)18-15(21)12-19-7-9-20(10-8-19)28(24,25)16-2-1-11-26-16/h1-6,11H,7-10,12H2,(H,18,21)(H2,17,22,23)/p+1. The Labute approximate surface area is 167 Å². The summed E-state index contributed by atoms with van der Waals surface area (Å²) in [5, 5.41) is 9.48. The molecule has 1 aromatic heterocycles. The highest BCUT2D eigenvalue weighted by Gasteiger charge is 2.31. The summed E-state index contributed by atoms with van der Waals surface area (Å²) in [5.41, 5.74) is 0.468. The fourth-order valence-electron chi connectivity index (χ4n) is 2.92. The van der Waals surface area contributed by atoms with Crippen molar-refractivity contribution in [2.45, 2.75) is 9.10 Å². The number of hydrogen-bond donors (Lipinski definition) is 3. The van der Waals surface area contributed by atoms with Crippen molar-refractivity contribution in [1.82, 2.24) is 4.31 Å². The molecule has 0 atom stereocenters. The second kappa shape index (κ2) is 8.27. The fourth-order valence-corrected chi connectivity index (χ4v) is 6.02. The van der Waals surface area contributed by atoms with Gasteiger partial charge >= 0.3 is 0 Å². The van der Waals surface area contributed by atoms with Gasteiger partial charge in [-0.2, -0.15) is 4.31 Å². The van der Waals surface area contributed by atoms with Crippen molar-refractivity contribution in [3.8, 4) is 0 Å². The molecule has 28 heavy (non-hydrogen) atoms. The third kappa shape index (κ3) is 4.96. The molecule has 1 aliphatic heterocycles. The Balaban J connectivity index is 1.51. The highest BCUT2D eigenvalue weighted by atomic mass is 32.2. The van der Waals surface area contributed by atoms with Crippen LogP contribution in [-0.2, 0) is 24.8 Å². The van der Waals surface area contributed by atoms with Gasteiger partial charge in [0, 0.05) is 5.69 Å². The fraction of sp³-hybridized carbons (Fsp3) is 0.312. The van der Waals surface area contributed by atoms with Crippen molar-refractivity contribution in [1.29, 1.82) is 0 Å². The Morgan fingerprint density at radius 2 is 1.75 bits per heavy atom. The van der Waals surface area contributed by atoms with E-state index in [-0.39, 0.29) is 17.3 Å². The molecule has 4 N–H and O–H groups in total. The Bertz CT molecular complexity index is 1030. The maximum absolute atomic E-state index is 12.5. The van der Waals surface area contributed by atoms with Crippen LogP contribution in [-0.4, -0.2) is 59.8 Å². The van der Waals surface area contributed by atoms with Crippen molar-refractivity contribution < 1.29 is 26.5 Å². The lowest BCUT2D eigenvalue weighted by Crippen LogP contribution is -3.15. The number of rotatable bonds is 6. The van der Waals surface area contributed by atoms with Crippen molar-refractivity contribution in [2.24, 2.45) is 5.14 Å². The molecule has 9 nitrogen and oxygen atoms in total. The van der Waals surface area contributed by atoms with Gasteiger partial charge in [-0.25, -0.2) is 22.0 Å². The number of carbonyl (C=O) groups excluding carboxylic acids is 1. The SMILES string of the molecule is NS(=O)(=O)c1ccc(NC(=O)C[NH+]2CCN(S(=O)(=O)c3cccs3)CC2)cc1. The number of amides is 1. The van der Waals surface area contributed by atoms with Gasteiger partial charge in [-0.3, -0.25) is 4.79 Å². The predicted octanol–water partition coefficient (Wildman–Crippen LogP) is -1.08. The van der Waals surface area contributed by atoms with Crippen LogP contribution in [0.25, 0.3) is 0 Å². The smallest absolute Gasteiger partial charge is 0.279 e. The average molecular weight is 446 g/mol. The molecule has 152 valence electrons. The summed E-state index contributed by atoms with van der Waals surface area (Å²) in [5.74, 6) is -0.229. The molecule has 1 amide bonds. The molecule has 0 unspecified atom stereocenters. The van der Waals surface area contributed by atoms with Crippen LogP contribution in [0.2, 0.25) is 0 Å². The first kappa shape index (κ1) is 20.9. The van der Waals surface area contributed by atoms with Crippen molar-refractivity contribution in [2.75, 3.05) is 38.0 Å². The molecule has 0 bridgehead atoms. The maximum atomic E-state index is 12.5. The van der Waals surface area contributed by atoms with E-state index in [1.165, 1.54) is 39.9 Å². The first-order valence-corrected chi connectivity index (χ1v) is 12.3. The van der Waals surface area contributed by atoms with Gasteiger partial charge in [0.15, 0.2) is 6.54 Å². The number of hydrogen-bond acceptors (Lipinski definition) is 6. The average Bonchev–Trinajstić information content (AvgIpc) is 3.17.